The molecular formula is C41H32N10O9S2. The molecule has 4 N–H and O–H groups in total. The summed E-state index contributed by atoms with van der Waals surface area (Å²) in [6.45, 7) is 5.07. The Hall–Kier alpha value is -7.80. The van der Waals surface area contributed by atoms with Gasteiger partial charge in [-0.3, -0.25) is 8.95 Å². The molecule has 0 aliphatic heterocycles. The van der Waals surface area contributed by atoms with Crippen LogP contribution in [0.3, 0.4) is 0 Å². The van der Waals surface area contributed by atoms with Crippen LogP contribution in [0, 0.1) is 32.1 Å². The highest BCUT2D eigenvalue weighted by atomic mass is 32.2. The molecule has 0 saturated carbocycles. The van der Waals surface area contributed by atoms with Crippen LogP contribution in [0.4, 0.5) is 32.9 Å². The first-order valence-electron chi connectivity index (χ1n) is 18.3. The fourth-order valence-corrected chi connectivity index (χ4v) is 7.36. The summed E-state index contributed by atoms with van der Waals surface area (Å²) in [5.41, 5.74) is 4.23. The van der Waals surface area contributed by atoms with Gasteiger partial charge < -0.3 is 20.1 Å². The molecule has 21 heteroatoms. The van der Waals surface area contributed by atoms with Crippen molar-refractivity contribution in [3.8, 4) is 29.0 Å². The smallest absolute Gasteiger partial charge is 0.335 e. The van der Waals surface area contributed by atoms with Crippen LogP contribution in [0.2, 0.25) is 0 Å². The third-order valence-electron chi connectivity index (χ3n) is 9.22. The maximum absolute atomic E-state index is 11.7. The number of rotatable bonds is 14. The molecule has 7 aromatic rings. The third-order valence-corrected chi connectivity index (χ3v) is 10.9. The molecule has 0 saturated heterocycles. The molecule has 4 aromatic carbocycles. The first kappa shape index (κ1) is 42.3. The number of benzene rings is 4. The molecular weight excluding hydrogens is 841 g/mol. The number of carboxylic acids is 2. The van der Waals surface area contributed by atoms with Gasteiger partial charge in [-0.25, -0.2) is 19.6 Å². The van der Waals surface area contributed by atoms with Crippen molar-refractivity contribution in [2.45, 2.75) is 27.2 Å². The second-order valence-corrected chi connectivity index (χ2v) is 16.2. The van der Waals surface area contributed by atoms with E-state index in [2.05, 4.69) is 46.7 Å². The lowest BCUT2D eigenvalue weighted by atomic mass is 10.1. The second kappa shape index (κ2) is 17.4. The molecule has 62 heavy (non-hydrogen) atoms. The molecule has 0 aliphatic rings. The highest BCUT2D eigenvalue weighted by Gasteiger charge is 2.22. The van der Waals surface area contributed by atoms with Gasteiger partial charge in [-0.05, 0) is 69.2 Å². The van der Waals surface area contributed by atoms with Gasteiger partial charge in [0.05, 0.1) is 45.9 Å². The Bertz CT molecular complexity index is 3160. The summed E-state index contributed by atoms with van der Waals surface area (Å²) in [7, 11) is -4.27. The van der Waals surface area contributed by atoms with Crippen LogP contribution in [0.25, 0.3) is 27.9 Å². The number of nitrogens with zero attached hydrogens (tertiary/aromatic N) is 10. The molecule has 0 spiro atoms. The summed E-state index contributed by atoms with van der Waals surface area (Å²) in [5, 5.41) is 66.8. The number of fused-ring (bicyclic) bond motifs is 3. The van der Waals surface area contributed by atoms with E-state index in [1.54, 1.807) is 44.2 Å². The minimum atomic E-state index is -4.27. The van der Waals surface area contributed by atoms with Crippen LogP contribution < -0.4 is 4.74 Å². The quantitative estimate of drug-likeness (QED) is 0.0451. The van der Waals surface area contributed by atoms with Crippen molar-refractivity contribution >= 4 is 83.0 Å². The Labute approximate surface area is 355 Å². The molecule has 0 atom stereocenters. The number of hydrogen-bond donors (Lipinski definition) is 4. The molecule has 0 unspecified atom stereocenters. The van der Waals surface area contributed by atoms with Gasteiger partial charge in [-0.15, -0.1) is 30.7 Å². The van der Waals surface area contributed by atoms with Gasteiger partial charge in [-0.1, -0.05) is 53.3 Å². The molecule has 19 nitrogen and oxygen atoms in total. The van der Waals surface area contributed by atoms with E-state index in [4.69, 9.17) is 4.74 Å². The second-order valence-electron chi connectivity index (χ2n) is 13.6. The van der Waals surface area contributed by atoms with E-state index in [9.17, 15) is 43.1 Å². The number of aromatic carboxylic acids is 2. The lowest BCUT2D eigenvalue weighted by Gasteiger charge is -2.11. The maximum Gasteiger partial charge on any atom is 0.335 e. The summed E-state index contributed by atoms with van der Waals surface area (Å²) in [4.78, 5) is 32.5. The van der Waals surface area contributed by atoms with E-state index in [0.29, 0.717) is 33.4 Å². The number of carboxylic acid groups (broad SMARTS) is 2. The Morgan fingerprint density at radius 3 is 2.23 bits per heavy atom. The molecule has 0 radical (unpaired) electrons. The zero-order chi connectivity index (χ0) is 44.3. The Morgan fingerprint density at radius 1 is 0.855 bits per heavy atom. The van der Waals surface area contributed by atoms with Gasteiger partial charge in [0.1, 0.15) is 28.8 Å². The first-order valence-corrected chi connectivity index (χ1v) is 20.7. The van der Waals surface area contributed by atoms with Crippen LogP contribution in [0.5, 0.6) is 11.6 Å². The van der Waals surface area contributed by atoms with Crippen LogP contribution >= 0.6 is 11.3 Å². The molecule has 3 aromatic heterocycles. The van der Waals surface area contributed by atoms with Crippen LogP contribution in [-0.2, 0) is 10.1 Å². The molecule has 312 valence electrons. The Morgan fingerprint density at radius 2 is 1.55 bits per heavy atom. The summed E-state index contributed by atoms with van der Waals surface area (Å²) < 4.78 is 39.4. The van der Waals surface area contributed by atoms with Crippen molar-refractivity contribution in [3.63, 3.8) is 0 Å². The average molecular weight is 873 g/mol. The number of aryl methyl sites for hydroxylation is 2. The van der Waals surface area contributed by atoms with Gasteiger partial charge in [0.2, 0.25) is 11.0 Å². The number of thiazole rings is 1. The summed E-state index contributed by atoms with van der Waals surface area (Å²) in [5.74, 6) is -3.46. The lowest BCUT2D eigenvalue weighted by molar-refractivity contribution is 0.0696. The molecule has 7 rings (SSSR count). The van der Waals surface area contributed by atoms with Crippen LogP contribution in [0.15, 0.2) is 110 Å². The van der Waals surface area contributed by atoms with Crippen LogP contribution in [0.1, 0.15) is 49.4 Å². The van der Waals surface area contributed by atoms with Crippen LogP contribution in [-0.4, -0.2) is 67.0 Å². The van der Waals surface area contributed by atoms with Crippen molar-refractivity contribution in [1.29, 1.82) is 5.26 Å². The first-order chi connectivity index (χ1) is 29.6. The normalized spacial score (nSPS) is 12.0. The SMILES string of the molecule is Cc1ccc(-c2nc(N=Nc3cc(OCCCS(=O)(=O)O)c(N=Nc4c(C)c(C#N)c5nc6ccccc6n5c4O)cc3C)sc2N=Nc2cc(C(=O)O)cc(C(=O)O)c2)cc1. The summed E-state index contributed by atoms with van der Waals surface area (Å²) in [6, 6.07) is 23.0. The van der Waals surface area contributed by atoms with Gasteiger partial charge in [0, 0.05) is 17.2 Å². The van der Waals surface area contributed by atoms with Crippen molar-refractivity contribution in [1.82, 2.24) is 14.4 Å². The summed E-state index contributed by atoms with van der Waals surface area (Å²) >= 11 is 1.00. The van der Waals surface area contributed by atoms with E-state index in [1.165, 1.54) is 22.6 Å². The fraction of sp³-hybridized carbons (Fsp3) is 0.146. The zero-order valence-corrected chi connectivity index (χ0v) is 34.4. The van der Waals surface area contributed by atoms with E-state index < -0.39 is 27.8 Å². The Kier molecular flexibility index (Phi) is 11.9. The fourth-order valence-electron chi connectivity index (χ4n) is 6.14. The van der Waals surface area contributed by atoms with Crippen molar-refractivity contribution in [3.05, 3.63) is 112 Å². The lowest BCUT2D eigenvalue weighted by Crippen LogP contribution is -2.08. The number of nitriles is 1. The summed E-state index contributed by atoms with van der Waals surface area (Å²) in [6.07, 6.45) is -0.0770. The molecule has 0 aliphatic carbocycles. The molecule has 3 heterocycles. The van der Waals surface area contributed by atoms with Crippen molar-refractivity contribution in [2.24, 2.45) is 30.7 Å². The number of aromatic hydroxyl groups is 1. The average Bonchev–Trinajstić information content (AvgIpc) is 3.83. The number of azo groups is 3. The predicted molar refractivity (Wildman–Crippen MR) is 227 cm³/mol. The molecule has 0 amide bonds. The number of imidazole rings is 1. The minimum absolute atomic E-state index is 0.00559. The van der Waals surface area contributed by atoms with Crippen molar-refractivity contribution < 1.29 is 42.6 Å². The van der Waals surface area contributed by atoms with Crippen molar-refractivity contribution in [2.75, 3.05) is 12.4 Å². The number of ether oxygens (including phenoxy) is 1. The number of pyridine rings is 1. The van der Waals surface area contributed by atoms with E-state index in [1.807, 2.05) is 31.2 Å². The molecule has 0 bridgehead atoms. The standard InChI is InChI=1S/C41H32N10O9S2/c1-21-9-11-24(12-10-21)35-37(49-45-27-17-25(39(53)54)16-26(18-27)40(55)56)61-41(44-35)50-46-30-19-33(60-13-6-14-62(57,58)59)31(15-22(30)2)47-48-34-23(3)28(20-42)36-43-29-7-4-5-8-32(29)51(36)38(34)52/h4-5,7-12,15-19,52H,6,13-14H2,1-3H3,(H,53,54)(H,55,56)(H,57,58,59). The number of aromatic nitrogens is 3. The number of para-hydroxylation sites is 2. The third kappa shape index (κ3) is 9.16. The van der Waals surface area contributed by atoms with Gasteiger partial charge in [0.25, 0.3) is 10.1 Å². The van der Waals surface area contributed by atoms with Gasteiger partial charge in [0.15, 0.2) is 16.3 Å². The Balaban J connectivity index is 1.26. The van der Waals surface area contributed by atoms with E-state index in [-0.39, 0.29) is 79.9 Å². The minimum Gasteiger partial charge on any atom is -0.493 e. The number of carbonyl (C=O) groups is 2. The highest BCUT2D eigenvalue weighted by Crippen LogP contribution is 2.43. The number of hydrogen-bond acceptors (Lipinski definition) is 16. The topological polar surface area (TPSA) is 287 Å². The zero-order valence-electron chi connectivity index (χ0n) is 32.7. The van der Waals surface area contributed by atoms with Gasteiger partial charge in [-0.2, -0.15) is 13.7 Å². The largest absolute Gasteiger partial charge is 0.493 e. The van der Waals surface area contributed by atoms with E-state index in [0.717, 1.165) is 23.0 Å². The predicted octanol–water partition coefficient (Wildman–Crippen LogP) is 10.4. The highest BCUT2D eigenvalue weighted by molar-refractivity contribution is 7.85. The molecule has 0 fully saturated rings. The van der Waals surface area contributed by atoms with Gasteiger partial charge >= 0.3 is 11.9 Å². The monoisotopic (exact) mass is 872 g/mol. The maximum atomic E-state index is 11.7. The van der Waals surface area contributed by atoms with E-state index >= 15 is 0 Å².